The molecule has 0 aliphatic rings. The van der Waals surface area contributed by atoms with Crippen molar-refractivity contribution in [3.8, 4) is 5.75 Å². The maximum Gasteiger partial charge on any atom is 0.310 e. The summed E-state index contributed by atoms with van der Waals surface area (Å²) >= 11 is 0. The van der Waals surface area contributed by atoms with Gasteiger partial charge in [-0.05, 0) is 24.6 Å². The molecule has 76 valence electrons. The first-order valence-corrected chi connectivity index (χ1v) is 4.06. The van der Waals surface area contributed by atoms with Gasteiger partial charge in [0.2, 0.25) is 0 Å². The van der Waals surface area contributed by atoms with Crippen LogP contribution in [-0.4, -0.2) is 17.1 Å². The zero-order valence-corrected chi connectivity index (χ0v) is 7.93. The number of hydrogen-bond donors (Lipinski definition) is 1. The van der Waals surface area contributed by atoms with Crippen LogP contribution < -0.4 is 4.74 Å². The summed E-state index contributed by atoms with van der Waals surface area (Å²) in [7, 11) is 1.36. The lowest BCUT2D eigenvalue weighted by Crippen LogP contribution is -1.97. The Labute approximate surface area is 81.1 Å². The molecule has 1 aromatic carbocycles. The normalized spacial score (nSPS) is 12.2. The molecule has 0 heterocycles. The van der Waals surface area contributed by atoms with Gasteiger partial charge in [-0.1, -0.05) is 0 Å². The zero-order chi connectivity index (χ0) is 10.7. The van der Waals surface area contributed by atoms with Gasteiger partial charge >= 0.3 is 5.69 Å². The number of rotatable bonds is 3. The number of benzene rings is 1. The highest BCUT2D eigenvalue weighted by molar-refractivity contribution is 5.48. The van der Waals surface area contributed by atoms with Crippen LogP contribution in [0.25, 0.3) is 0 Å². The van der Waals surface area contributed by atoms with Crippen molar-refractivity contribution in [3.05, 3.63) is 33.9 Å². The Balaban J connectivity index is 3.18. The van der Waals surface area contributed by atoms with Crippen LogP contribution in [0.4, 0.5) is 5.69 Å². The lowest BCUT2D eigenvalue weighted by atomic mass is 10.1. The maximum absolute atomic E-state index is 10.5. The van der Waals surface area contributed by atoms with Gasteiger partial charge < -0.3 is 9.84 Å². The number of nitro benzene ring substituents is 1. The molecule has 5 nitrogen and oxygen atoms in total. The van der Waals surface area contributed by atoms with Crippen LogP contribution in [-0.2, 0) is 0 Å². The summed E-state index contributed by atoms with van der Waals surface area (Å²) in [5.41, 5.74) is 0.490. The minimum atomic E-state index is -0.662. The van der Waals surface area contributed by atoms with E-state index in [1.807, 2.05) is 0 Å². The molecular formula is C9H11NO4. The fourth-order valence-electron chi connectivity index (χ4n) is 1.10. The van der Waals surface area contributed by atoms with Crippen molar-refractivity contribution in [2.45, 2.75) is 13.0 Å². The average Bonchev–Trinajstić information content (AvgIpc) is 2.16. The van der Waals surface area contributed by atoms with Crippen molar-refractivity contribution < 1.29 is 14.8 Å². The second kappa shape index (κ2) is 4.06. The summed E-state index contributed by atoms with van der Waals surface area (Å²) < 4.78 is 4.84. The van der Waals surface area contributed by atoms with Gasteiger partial charge in [0.05, 0.1) is 18.1 Å². The Morgan fingerprint density at radius 1 is 1.57 bits per heavy atom. The molecule has 1 unspecified atom stereocenters. The number of methoxy groups -OCH3 is 1. The van der Waals surface area contributed by atoms with Crippen molar-refractivity contribution in [1.29, 1.82) is 0 Å². The Morgan fingerprint density at radius 3 is 2.64 bits per heavy atom. The number of aliphatic hydroxyl groups is 1. The van der Waals surface area contributed by atoms with Crippen LogP contribution in [0.2, 0.25) is 0 Å². The van der Waals surface area contributed by atoms with E-state index < -0.39 is 11.0 Å². The standard InChI is InChI=1S/C9H11NO4/c1-6(11)7-3-4-8(10(12)13)9(5-7)14-2/h3-6,11H,1-2H3. The fraction of sp³-hybridized carbons (Fsp3) is 0.333. The lowest BCUT2D eigenvalue weighted by Gasteiger charge is -2.06. The molecule has 0 saturated carbocycles. The summed E-state index contributed by atoms with van der Waals surface area (Å²) in [5, 5.41) is 19.8. The molecule has 1 atom stereocenters. The topological polar surface area (TPSA) is 72.6 Å². The van der Waals surface area contributed by atoms with E-state index in [0.29, 0.717) is 5.56 Å². The molecular weight excluding hydrogens is 186 g/mol. The number of nitro groups is 1. The highest BCUT2D eigenvalue weighted by Gasteiger charge is 2.15. The van der Waals surface area contributed by atoms with Crippen molar-refractivity contribution in [1.82, 2.24) is 0 Å². The summed E-state index contributed by atoms with van der Waals surface area (Å²) in [4.78, 5) is 10.0. The SMILES string of the molecule is COc1cc(C(C)O)ccc1[N+](=O)[O-]. The molecule has 0 bridgehead atoms. The molecule has 0 aliphatic heterocycles. The van der Waals surface area contributed by atoms with Gasteiger partial charge in [-0.3, -0.25) is 10.1 Å². The van der Waals surface area contributed by atoms with Crippen LogP contribution in [0.3, 0.4) is 0 Å². The minimum absolute atomic E-state index is 0.100. The third-order valence-electron chi connectivity index (χ3n) is 1.88. The summed E-state index contributed by atoms with van der Waals surface area (Å²) in [6, 6.07) is 4.29. The Kier molecular flexibility index (Phi) is 3.03. The molecule has 1 N–H and O–H groups in total. The van der Waals surface area contributed by atoms with Crippen LogP contribution in [0.1, 0.15) is 18.6 Å². The summed E-state index contributed by atoms with van der Waals surface area (Å²) in [6.07, 6.45) is -0.662. The van der Waals surface area contributed by atoms with Crippen molar-refractivity contribution in [2.75, 3.05) is 7.11 Å². The van der Waals surface area contributed by atoms with Crippen molar-refractivity contribution in [2.24, 2.45) is 0 Å². The Bertz CT molecular complexity index is 349. The Hall–Kier alpha value is -1.62. The molecule has 0 aromatic heterocycles. The van der Waals surface area contributed by atoms with Gasteiger partial charge in [0.25, 0.3) is 0 Å². The van der Waals surface area contributed by atoms with E-state index in [4.69, 9.17) is 4.74 Å². The van der Waals surface area contributed by atoms with E-state index in [1.165, 1.54) is 25.3 Å². The van der Waals surface area contributed by atoms with E-state index >= 15 is 0 Å². The monoisotopic (exact) mass is 197 g/mol. The first-order valence-electron chi connectivity index (χ1n) is 4.06. The van der Waals surface area contributed by atoms with Gasteiger partial charge in [-0.2, -0.15) is 0 Å². The zero-order valence-electron chi connectivity index (χ0n) is 7.93. The summed E-state index contributed by atoms with van der Waals surface area (Å²) in [6.45, 7) is 1.58. The van der Waals surface area contributed by atoms with E-state index in [0.717, 1.165) is 0 Å². The highest BCUT2D eigenvalue weighted by atomic mass is 16.6. The van der Waals surface area contributed by atoms with Gasteiger partial charge in [-0.15, -0.1) is 0 Å². The van der Waals surface area contributed by atoms with Crippen molar-refractivity contribution in [3.63, 3.8) is 0 Å². The first-order chi connectivity index (χ1) is 6.56. The minimum Gasteiger partial charge on any atom is -0.490 e. The van der Waals surface area contributed by atoms with Crippen LogP contribution in [0, 0.1) is 10.1 Å². The number of hydrogen-bond acceptors (Lipinski definition) is 4. The van der Waals surface area contributed by atoms with Crippen LogP contribution >= 0.6 is 0 Å². The molecule has 0 saturated heterocycles. The highest BCUT2D eigenvalue weighted by Crippen LogP contribution is 2.29. The third kappa shape index (κ3) is 2.00. The number of ether oxygens (including phenoxy) is 1. The van der Waals surface area contributed by atoms with E-state index in [-0.39, 0.29) is 11.4 Å². The predicted molar refractivity (Wildman–Crippen MR) is 50.3 cm³/mol. The molecule has 0 spiro atoms. The largest absolute Gasteiger partial charge is 0.490 e. The molecule has 1 rings (SSSR count). The third-order valence-corrected chi connectivity index (χ3v) is 1.88. The van der Waals surface area contributed by atoms with Gasteiger partial charge in [0, 0.05) is 6.07 Å². The molecule has 0 fully saturated rings. The quantitative estimate of drug-likeness (QED) is 0.590. The van der Waals surface area contributed by atoms with Crippen LogP contribution in [0.5, 0.6) is 5.75 Å². The number of nitrogens with zero attached hydrogens (tertiary/aromatic N) is 1. The van der Waals surface area contributed by atoms with Gasteiger partial charge in [0.1, 0.15) is 0 Å². The molecule has 5 heteroatoms. The van der Waals surface area contributed by atoms with E-state index in [9.17, 15) is 15.2 Å². The molecule has 0 amide bonds. The second-order valence-electron chi connectivity index (χ2n) is 2.86. The van der Waals surface area contributed by atoms with E-state index in [1.54, 1.807) is 6.92 Å². The van der Waals surface area contributed by atoms with Gasteiger partial charge in [0.15, 0.2) is 5.75 Å². The molecule has 1 aromatic rings. The van der Waals surface area contributed by atoms with Crippen LogP contribution in [0.15, 0.2) is 18.2 Å². The average molecular weight is 197 g/mol. The predicted octanol–water partition coefficient (Wildman–Crippen LogP) is 1.66. The fourth-order valence-corrected chi connectivity index (χ4v) is 1.10. The van der Waals surface area contributed by atoms with Gasteiger partial charge in [-0.25, -0.2) is 0 Å². The number of aliphatic hydroxyl groups excluding tert-OH is 1. The lowest BCUT2D eigenvalue weighted by molar-refractivity contribution is -0.385. The van der Waals surface area contributed by atoms with E-state index in [2.05, 4.69) is 0 Å². The second-order valence-corrected chi connectivity index (χ2v) is 2.86. The summed E-state index contributed by atoms with van der Waals surface area (Å²) in [5.74, 6) is 0.161. The maximum atomic E-state index is 10.5. The Morgan fingerprint density at radius 2 is 2.21 bits per heavy atom. The van der Waals surface area contributed by atoms with Crippen molar-refractivity contribution >= 4 is 5.69 Å². The molecule has 0 radical (unpaired) electrons. The molecule has 0 aliphatic carbocycles. The first kappa shape index (κ1) is 10.5. The smallest absolute Gasteiger partial charge is 0.310 e. The molecule has 14 heavy (non-hydrogen) atoms.